The van der Waals surface area contributed by atoms with Crippen molar-refractivity contribution in [2.45, 2.75) is 18.9 Å². The molecule has 1 aliphatic heterocycles. The van der Waals surface area contributed by atoms with Gasteiger partial charge in [-0.1, -0.05) is 12.1 Å². The van der Waals surface area contributed by atoms with E-state index in [9.17, 15) is 4.79 Å². The first-order valence-electron chi connectivity index (χ1n) is 6.60. The lowest BCUT2D eigenvalue weighted by atomic mass is 10.2. The maximum atomic E-state index is 11.8. The molecule has 1 atom stereocenters. The number of halogens is 1. The van der Waals surface area contributed by atoms with Gasteiger partial charge in [0, 0.05) is 18.0 Å². The third-order valence-corrected chi connectivity index (χ3v) is 3.29. The van der Waals surface area contributed by atoms with Crippen LogP contribution in [-0.2, 0) is 4.79 Å². The van der Waals surface area contributed by atoms with Crippen molar-refractivity contribution in [2.24, 2.45) is 5.10 Å². The number of nitrogens with one attached hydrogen (secondary N) is 2. The zero-order valence-electron chi connectivity index (χ0n) is 11.3. The predicted octanol–water partition coefficient (Wildman–Crippen LogP) is 1.25. The van der Waals surface area contributed by atoms with Gasteiger partial charge in [-0.3, -0.25) is 14.8 Å². The number of aromatic nitrogens is 2. The molecule has 0 aliphatic carbocycles. The van der Waals surface area contributed by atoms with E-state index >= 15 is 0 Å². The summed E-state index contributed by atoms with van der Waals surface area (Å²) in [5.74, 6) is -0.0925. The summed E-state index contributed by atoms with van der Waals surface area (Å²) in [4.78, 5) is 20.3. The highest BCUT2D eigenvalue weighted by molar-refractivity contribution is 5.96. The van der Waals surface area contributed by atoms with Crippen molar-refractivity contribution in [2.75, 3.05) is 6.54 Å². The van der Waals surface area contributed by atoms with E-state index in [2.05, 4.69) is 25.8 Å². The molecule has 0 unspecified atom stereocenters. The Morgan fingerprint density at radius 2 is 2.24 bits per heavy atom. The van der Waals surface area contributed by atoms with Gasteiger partial charge in [0.15, 0.2) is 0 Å². The first-order chi connectivity index (χ1) is 9.84. The molecule has 1 amide bonds. The second-order valence-electron chi connectivity index (χ2n) is 4.65. The van der Waals surface area contributed by atoms with E-state index in [1.165, 1.54) is 0 Å². The van der Waals surface area contributed by atoms with Crippen LogP contribution >= 0.6 is 12.4 Å². The number of para-hydroxylation sites is 1. The Bertz CT molecular complexity index is 649. The summed E-state index contributed by atoms with van der Waals surface area (Å²) in [5, 5.41) is 7.13. The average molecular weight is 306 g/mol. The highest BCUT2D eigenvalue weighted by Gasteiger charge is 2.21. The smallest absolute Gasteiger partial charge is 0.257 e. The number of benzene rings is 1. The molecule has 1 aliphatic rings. The van der Waals surface area contributed by atoms with E-state index < -0.39 is 0 Å². The van der Waals surface area contributed by atoms with Crippen LogP contribution in [0.3, 0.4) is 0 Å². The summed E-state index contributed by atoms with van der Waals surface area (Å²) in [6.07, 6.45) is 6.78. The molecule has 1 fully saturated rings. The lowest BCUT2D eigenvalue weighted by Gasteiger charge is -2.06. The predicted molar refractivity (Wildman–Crippen MR) is 83.5 cm³/mol. The molecule has 0 spiro atoms. The normalized spacial score (nSPS) is 17.8. The van der Waals surface area contributed by atoms with Crippen LogP contribution in [0.5, 0.6) is 0 Å². The lowest BCUT2D eigenvalue weighted by Crippen LogP contribution is -2.38. The molecule has 2 N–H and O–H groups in total. The number of hydrogen-bond donors (Lipinski definition) is 2. The van der Waals surface area contributed by atoms with Crippen molar-refractivity contribution < 1.29 is 4.79 Å². The first kappa shape index (κ1) is 15.3. The van der Waals surface area contributed by atoms with Crippen molar-refractivity contribution in [1.82, 2.24) is 20.7 Å². The number of amides is 1. The van der Waals surface area contributed by atoms with E-state index in [0.717, 1.165) is 36.0 Å². The van der Waals surface area contributed by atoms with Crippen molar-refractivity contribution >= 4 is 35.6 Å². The Morgan fingerprint density at radius 3 is 3.05 bits per heavy atom. The second-order valence-corrected chi connectivity index (χ2v) is 4.65. The highest BCUT2D eigenvalue weighted by atomic mass is 35.5. The quantitative estimate of drug-likeness (QED) is 0.661. The fourth-order valence-electron chi connectivity index (χ4n) is 2.27. The van der Waals surface area contributed by atoms with Gasteiger partial charge in [0.1, 0.15) is 0 Å². The molecule has 1 saturated heterocycles. The van der Waals surface area contributed by atoms with E-state index in [-0.39, 0.29) is 24.4 Å². The number of carbonyl (C=O) groups excluding carboxylic acids is 1. The molecule has 6 nitrogen and oxygen atoms in total. The van der Waals surface area contributed by atoms with Crippen LogP contribution in [0.15, 0.2) is 35.7 Å². The minimum absolute atomic E-state index is 0. The molecule has 2 heterocycles. The fourth-order valence-corrected chi connectivity index (χ4v) is 2.27. The van der Waals surface area contributed by atoms with Gasteiger partial charge in [-0.05, 0) is 25.5 Å². The molecule has 110 valence electrons. The number of nitrogens with zero attached hydrogens (tertiary/aromatic N) is 3. The molecular formula is C14H16ClN5O. The molecular weight excluding hydrogens is 290 g/mol. The summed E-state index contributed by atoms with van der Waals surface area (Å²) in [5.41, 5.74) is 4.96. The van der Waals surface area contributed by atoms with E-state index in [1.54, 1.807) is 18.6 Å². The Hall–Kier alpha value is -2.05. The summed E-state index contributed by atoms with van der Waals surface area (Å²) in [6, 6.07) is 5.54. The maximum Gasteiger partial charge on any atom is 0.257 e. The van der Waals surface area contributed by atoms with Crippen molar-refractivity contribution in [3.05, 3.63) is 36.2 Å². The van der Waals surface area contributed by atoms with E-state index in [4.69, 9.17) is 0 Å². The summed E-state index contributed by atoms with van der Waals surface area (Å²) in [6.45, 7) is 0.890. The van der Waals surface area contributed by atoms with Crippen LogP contribution in [0.2, 0.25) is 0 Å². The third kappa shape index (κ3) is 3.53. The van der Waals surface area contributed by atoms with Crippen molar-refractivity contribution in [3.8, 4) is 0 Å². The molecule has 0 radical (unpaired) electrons. The standard InChI is InChI=1S/C14H15N5O.ClH/c20-14(12-5-2-6-15-12)19-18-9-10-3-1-4-11-13(10)17-8-7-16-11;/h1,3-4,7-9,12,15H,2,5-6H2,(H,19,20);1H/b18-9+;/t12-;/m0./s1. The van der Waals surface area contributed by atoms with Crippen molar-refractivity contribution in [1.29, 1.82) is 0 Å². The van der Waals surface area contributed by atoms with Crippen LogP contribution in [-0.4, -0.2) is 34.7 Å². The Kier molecular flexibility index (Phi) is 5.19. The van der Waals surface area contributed by atoms with Crippen LogP contribution in [0.1, 0.15) is 18.4 Å². The number of hydrogen-bond acceptors (Lipinski definition) is 5. The Labute approximate surface area is 128 Å². The minimum Gasteiger partial charge on any atom is -0.306 e. The third-order valence-electron chi connectivity index (χ3n) is 3.29. The minimum atomic E-state index is -0.126. The second kappa shape index (κ2) is 7.10. The SMILES string of the molecule is Cl.O=C(N/N=C/c1cccc2nccnc12)[C@@H]1CCCN1. The highest BCUT2D eigenvalue weighted by Crippen LogP contribution is 2.11. The largest absolute Gasteiger partial charge is 0.306 e. The molecule has 3 rings (SSSR count). The van der Waals surface area contributed by atoms with Crippen LogP contribution in [0.4, 0.5) is 0 Å². The number of hydrazone groups is 1. The Balaban J connectivity index is 0.00000161. The van der Waals surface area contributed by atoms with E-state index in [1.807, 2.05) is 18.2 Å². The topological polar surface area (TPSA) is 79.3 Å². The molecule has 1 aromatic heterocycles. The molecule has 7 heteroatoms. The Morgan fingerprint density at radius 1 is 1.38 bits per heavy atom. The van der Waals surface area contributed by atoms with Gasteiger partial charge in [0.25, 0.3) is 5.91 Å². The lowest BCUT2D eigenvalue weighted by molar-refractivity contribution is -0.122. The van der Waals surface area contributed by atoms with Crippen LogP contribution in [0.25, 0.3) is 11.0 Å². The van der Waals surface area contributed by atoms with E-state index in [0.29, 0.717) is 0 Å². The van der Waals surface area contributed by atoms with Gasteiger partial charge >= 0.3 is 0 Å². The molecule has 1 aromatic carbocycles. The summed E-state index contributed by atoms with van der Waals surface area (Å²) in [7, 11) is 0. The van der Waals surface area contributed by atoms with Gasteiger partial charge in [-0.2, -0.15) is 5.10 Å². The van der Waals surface area contributed by atoms with Gasteiger partial charge < -0.3 is 5.32 Å². The van der Waals surface area contributed by atoms with Crippen LogP contribution in [0, 0.1) is 0 Å². The molecule has 0 saturated carbocycles. The summed E-state index contributed by atoms with van der Waals surface area (Å²) < 4.78 is 0. The number of fused-ring (bicyclic) bond motifs is 1. The molecule has 0 bridgehead atoms. The zero-order valence-corrected chi connectivity index (χ0v) is 12.1. The zero-order chi connectivity index (χ0) is 13.8. The molecule has 2 aromatic rings. The van der Waals surface area contributed by atoms with Crippen LogP contribution < -0.4 is 10.7 Å². The number of rotatable bonds is 3. The van der Waals surface area contributed by atoms with Gasteiger partial charge in [0.2, 0.25) is 0 Å². The summed E-state index contributed by atoms with van der Waals surface area (Å²) >= 11 is 0. The van der Waals surface area contributed by atoms with Gasteiger partial charge in [0.05, 0.1) is 23.3 Å². The van der Waals surface area contributed by atoms with Gasteiger partial charge in [-0.15, -0.1) is 12.4 Å². The van der Waals surface area contributed by atoms with Crippen molar-refractivity contribution in [3.63, 3.8) is 0 Å². The molecule has 21 heavy (non-hydrogen) atoms. The van der Waals surface area contributed by atoms with Gasteiger partial charge in [-0.25, -0.2) is 5.43 Å². The number of carbonyl (C=O) groups is 1. The first-order valence-corrected chi connectivity index (χ1v) is 6.60. The fraction of sp³-hybridized carbons (Fsp3) is 0.286. The average Bonchev–Trinajstić information content (AvgIpc) is 3.02. The maximum absolute atomic E-state index is 11.8. The monoisotopic (exact) mass is 305 g/mol.